The predicted octanol–water partition coefficient (Wildman–Crippen LogP) is 9.91. The molecule has 1 saturated heterocycles. The van der Waals surface area contributed by atoms with E-state index in [9.17, 15) is 9.59 Å². The molecule has 0 atom stereocenters. The molecule has 1 aliphatic rings. The van der Waals surface area contributed by atoms with Crippen molar-refractivity contribution in [3.05, 3.63) is 50.4 Å². The van der Waals surface area contributed by atoms with Gasteiger partial charge >= 0.3 is 0 Å². The number of benzene rings is 2. The van der Waals surface area contributed by atoms with Gasteiger partial charge in [0.25, 0.3) is 5.91 Å². The average Bonchev–Trinajstić information content (AvgIpc) is 3.23. The van der Waals surface area contributed by atoms with E-state index in [0.29, 0.717) is 39.4 Å². The highest BCUT2D eigenvalue weighted by atomic mass is 35.5. The number of hydrogen-bond donors (Lipinski definition) is 2. The van der Waals surface area contributed by atoms with Gasteiger partial charge in [-0.3, -0.25) is 15.0 Å². The summed E-state index contributed by atoms with van der Waals surface area (Å²) in [6.45, 7) is 2.24. The minimum atomic E-state index is -0.276. The number of carbonyl (C=O) groups excluding carboxylic acids is 2. The lowest BCUT2D eigenvalue weighted by atomic mass is 10.1. The van der Waals surface area contributed by atoms with E-state index in [2.05, 4.69) is 22.7 Å². The molecule has 0 spiro atoms. The molecule has 212 valence electrons. The highest BCUT2D eigenvalue weighted by molar-refractivity contribution is 6.42. The number of amides is 2. The Labute approximate surface area is 251 Å². The fraction of sp³-hybridized carbons (Fsp3) is 0.483. The molecule has 0 aliphatic carbocycles. The van der Waals surface area contributed by atoms with Crippen molar-refractivity contribution >= 4 is 81.1 Å². The van der Waals surface area contributed by atoms with Crippen LogP contribution in [-0.4, -0.2) is 17.6 Å². The van der Waals surface area contributed by atoms with E-state index in [1.165, 1.54) is 74.9 Å². The number of anilines is 2. The monoisotopic (exact) mass is 612 g/mol. The third-order valence-electron chi connectivity index (χ3n) is 6.51. The molecule has 0 bridgehead atoms. The normalized spacial score (nSPS) is 14.2. The topological polar surface area (TPSA) is 73.8 Å². The first kappa shape index (κ1) is 31.5. The molecule has 2 N–H and O–H groups in total. The van der Waals surface area contributed by atoms with Crippen LogP contribution in [0.15, 0.2) is 35.3 Å². The largest absolute Gasteiger partial charge is 0.326 e. The summed E-state index contributed by atoms with van der Waals surface area (Å²) in [5, 5.41) is 5.34. The maximum Gasteiger partial charge on any atom is 0.253 e. The summed E-state index contributed by atoms with van der Waals surface area (Å²) < 4.78 is 0. The summed E-state index contributed by atoms with van der Waals surface area (Å²) in [7, 11) is 0. The summed E-state index contributed by atoms with van der Waals surface area (Å²) in [6.07, 6.45) is 14.2. The first-order chi connectivity index (χ1) is 18.8. The Morgan fingerprint density at radius 3 is 2.05 bits per heavy atom. The molecule has 2 amide bonds. The van der Waals surface area contributed by atoms with Gasteiger partial charge in [-0.25, -0.2) is 10.0 Å². The smallest absolute Gasteiger partial charge is 0.253 e. The number of hydrazine groups is 1. The van der Waals surface area contributed by atoms with Crippen molar-refractivity contribution in [3.8, 4) is 0 Å². The zero-order valence-corrected chi connectivity index (χ0v) is 25.3. The van der Waals surface area contributed by atoms with E-state index in [1.54, 1.807) is 18.2 Å². The Hall–Kier alpha value is -1.99. The van der Waals surface area contributed by atoms with E-state index in [1.807, 2.05) is 0 Å². The Bertz CT molecular complexity index is 1150. The summed E-state index contributed by atoms with van der Waals surface area (Å²) in [5.74, 6) is 0.0797. The van der Waals surface area contributed by atoms with Crippen molar-refractivity contribution in [2.45, 2.75) is 90.4 Å². The van der Waals surface area contributed by atoms with Gasteiger partial charge in [0.2, 0.25) is 5.91 Å². The highest BCUT2D eigenvalue weighted by Gasteiger charge is 2.30. The number of hydrogen-bond acceptors (Lipinski definition) is 3. The first-order valence-corrected chi connectivity index (χ1v) is 15.2. The van der Waals surface area contributed by atoms with Crippen molar-refractivity contribution in [2.24, 2.45) is 4.99 Å². The minimum Gasteiger partial charge on any atom is -0.326 e. The molecule has 10 heteroatoms. The van der Waals surface area contributed by atoms with Gasteiger partial charge in [0.1, 0.15) is 11.5 Å². The van der Waals surface area contributed by atoms with Crippen LogP contribution < -0.4 is 15.8 Å². The SMILES string of the molecule is CCCCCCCCCCCCCC(=O)Nc1ccc(N=C2CC(=O)N(c3c(Cl)cc(Cl)cc3Cl)N2)c(Cl)c1. The Kier molecular flexibility index (Phi) is 13.2. The second kappa shape index (κ2) is 16.3. The summed E-state index contributed by atoms with van der Waals surface area (Å²) in [4.78, 5) is 29.4. The average molecular weight is 614 g/mol. The third kappa shape index (κ3) is 10.2. The maximum absolute atomic E-state index is 12.6. The number of rotatable bonds is 15. The van der Waals surface area contributed by atoms with E-state index in [-0.39, 0.29) is 28.3 Å². The van der Waals surface area contributed by atoms with Gasteiger partial charge in [-0.2, -0.15) is 0 Å². The standard InChI is InChI=1S/C29H36Cl4N4O2/c1-2-3-4-5-6-7-8-9-10-11-12-13-27(38)34-21-14-15-25(22(31)18-21)35-26-19-28(39)37(36-26)29-23(32)16-20(30)17-24(29)33/h14-18H,2-13,19H2,1H3,(H,34,38)(H,35,36). The molecule has 3 rings (SSSR count). The number of unbranched alkanes of at least 4 members (excludes halogenated alkanes) is 10. The molecule has 0 aromatic heterocycles. The molecule has 2 aromatic rings. The number of halogens is 4. The number of nitrogens with one attached hydrogen (secondary N) is 2. The lowest BCUT2D eigenvalue weighted by Crippen LogP contribution is -2.36. The number of carbonyl (C=O) groups is 2. The van der Waals surface area contributed by atoms with Crippen LogP contribution in [0, 0.1) is 0 Å². The number of nitrogens with zero attached hydrogens (tertiary/aromatic N) is 2. The molecule has 1 aliphatic heterocycles. The Morgan fingerprint density at radius 1 is 0.872 bits per heavy atom. The molecule has 0 radical (unpaired) electrons. The molecule has 1 heterocycles. The van der Waals surface area contributed by atoms with Crippen LogP contribution in [0.25, 0.3) is 0 Å². The lowest BCUT2D eigenvalue weighted by molar-refractivity contribution is -0.117. The van der Waals surface area contributed by atoms with Gasteiger partial charge in [0.15, 0.2) is 0 Å². The van der Waals surface area contributed by atoms with E-state index < -0.39 is 0 Å². The van der Waals surface area contributed by atoms with Gasteiger partial charge in [0.05, 0.1) is 27.2 Å². The zero-order valence-electron chi connectivity index (χ0n) is 22.3. The van der Waals surface area contributed by atoms with Gasteiger partial charge in [-0.1, -0.05) is 118 Å². The van der Waals surface area contributed by atoms with Gasteiger partial charge in [-0.05, 0) is 36.8 Å². The molecule has 0 saturated carbocycles. The molecule has 2 aromatic carbocycles. The molecular weight excluding hydrogens is 578 g/mol. The van der Waals surface area contributed by atoms with Crippen LogP contribution in [0.3, 0.4) is 0 Å². The molecular formula is C29H36Cl4N4O2. The van der Waals surface area contributed by atoms with Gasteiger partial charge in [-0.15, -0.1) is 0 Å². The van der Waals surface area contributed by atoms with E-state index in [4.69, 9.17) is 46.4 Å². The number of amidine groups is 1. The lowest BCUT2D eigenvalue weighted by Gasteiger charge is -2.19. The fourth-order valence-corrected chi connectivity index (χ4v) is 5.65. The minimum absolute atomic E-state index is 0.0169. The molecule has 1 fully saturated rings. The van der Waals surface area contributed by atoms with Gasteiger partial charge < -0.3 is 5.32 Å². The highest BCUT2D eigenvalue weighted by Crippen LogP contribution is 2.37. The van der Waals surface area contributed by atoms with E-state index in [0.717, 1.165) is 12.8 Å². The molecule has 39 heavy (non-hydrogen) atoms. The van der Waals surface area contributed by atoms with Crippen molar-refractivity contribution in [1.29, 1.82) is 0 Å². The Balaban J connectivity index is 1.43. The van der Waals surface area contributed by atoms with Crippen LogP contribution in [0.5, 0.6) is 0 Å². The summed E-state index contributed by atoms with van der Waals surface area (Å²) >= 11 is 24.9. The van der Waals surface area contributed by atoms with Crippen LogP contribution in [-0.2, 0) is 9.59 Å². The van der Waals surface area contributed by atoms with Crippen LogP contribution in [0.4, 0.5) is 17.1 Å². The van der Waals surface area contributed by atoms with E-state index >= 15 is 0 Å². The maximum atomic E-state index is 12.6. The summed E-state index contributed by atoms with van der Waals surface area (Å²) in [6, 6.07) is 8.11. The van der Waals surface area contributed by atoms with Crippen molar-refractivity contribution in [1.82, 2.24) is 5.43 Å². The second-order valence-corrected chi connectivity index (χ2v) is 11.5. The van der Waals surface area contributed by atoms with Gasteiger partial charge in [0, 0.05) is 17.1 Å². The zero-order chi connectivity index (χ0) is 28.2. The van der Waals surface area contributed by atoms with Crippen molar-refractivity contribution in [3.63, 3.8) is 0 Å². The number of aliphatic imine (C=N–C) groups is 1. The van der Waals surface area contributed by atoms with Crippen LogP contribution in [0.2, 0.25) is 20.1 Å². The van der Waals surface area contributed by atoms with Crippen molar-refractivity contribution < 1.29 is 9.59 Å². The van der Waals surface area contributed by atoms with Crippen LogP contribution in [0.1, 0.15) is 90.4 Å². The second-order valence-electron chi connectivity index (χ2n) is 9.79. The van der Waals surface area contributed by atoms with Crippen molar-refractivity contribution in [2.75, 3.05) is 10.3 Å². The van der Waals surface area contributed by atoms with Crippen LogP contribution >= 0.6 is 46.4 Å². The predicted molar refractivity (Wildman–Crippen MR) is 165 cm³/mol. The summed E-state index contributed by atoms with van der Waals surface area (Å²) in [5.41, 5.74) is 4.30. The molecule has 6 nitrogen and oxygen atoms in total. The quantitative estimate of drug-likeness (QED) is 0.196. The molecule has 0 unspecified atom stereocenters. The third-order valence-corrected chi connectivity index (χ3v) is 7.61. The first-order valence-electron chi connectivity index (χ1n) is 13.7. The fourth-order valence-electron chi connectivity index (χ4n) is 4.44. The Morgan fingerprint density at radius 2 is 1.46 bits per heavy atom.